The van der Waals surface area contributed by atoms with Gasteiger partial charge in [-0.25, -0.2) is 8.78 Å². The summed E-state index contributed by atoms with van der Waals surface area (Å²) in [6, 6.07) is 9.09. The van der Waals surface area contributed by atoms with Gasteiger partial charge in [0.05, 0.1) is 0 Å². The fourth-order valence-electron chi connectivity index (χ4n) is 5.04. The van der Waals surface area contributed by atoms with E-state index in [0.717, 1.165) is 36.0 Å². The SMILES string of the molecule is CCCCCC1CCC(C(C)Cc2ccc(-c3cc(F)c(OC(F)(F)F)c(F)c3)cc2)CC1. The van der Waals surface area contributed by atoms with Gasteiger partial charge in [0, 0.05) is 0 Å². The lowest BCUT2D eigenvalue weighted by Crippen LogP contribution is -2.21. The Morgan fingerprint density at radius 2 is 1.52 bits per heavy atom. The number of hydrogen-bond acceptors (Lipinski definition) is 1. The third kappa shape index (κ3) is 7.44. The van der Waals surface area contributed by atoms with Gasteiger partial charge in [-0.1, -0.05) is 76.6 Å². The predicted molar refractivity (Wildman–Crippen MR) is 121 cm³/mol. The van der Waals surface area contributed by atoms with Gasteiger partial charge in [0.1, 0.15) is 0 Å². The predicted octanol–water partition coefficient (Wildman–Crippen LogP) is 9.10. The van der Waals surface area contributed by atoms with Crippen molar-refractivity contribution < 1.29 is 26.7 Å². The smallest absolute Gasteiger partial charge is 0.399 e. The molecule has 0 heterocycles. The van der Waals surface area contributed by atoms with Crippen molar-refractivity contribution in [2.24, 2.45) is 17.8 Å². The zero-order valence-electron chi connectivity index (χ0n) is 19.4. The number of alkyl halides is 3. The molecular formula is C27H33F5O. The van der Waals surface area contributed by atoms with Crippen LogP contribution in [0.1, 0.15) is 70.8 Å². The third-order valence-electron chi connectivity index (χ3n) is 6.97. The molecule has 182 valence electrons. The molecule has 1 aliphatic rings. The fraction of sp³-hybridized carbons (Fsp3) is 0.556. The number of rotatable bonds is 9. The lowest BCUT2D eigenvalue weighted by molar-refractivity contribution is -0.276. The van der Waals surface area contributed by atoms with Gasteiger partial charge < -0.3 is 4.74 Å². The van der Waals surface area contributed by atoms with Crippen LogP contribution in [0.25, 0.3) is 11.1 Å². The molecule has 0 radical (unpaired) electrons. The van der Waals surface area contributed by atoms with Crippen molar-refractivity contribution in [1.29, 1.82) is 0 Å². The summed E-state index contributed by atoms with van der Waals surface area (Å²) in [6.45, 7) is 4.53. The highest BCUT2D eigenvalue weighted by atomic mass is 19.4. The van der Waals surface area contributed by atoms with Crippen LogP contribution in [0.4, 0.5) is 22.0 Å². The van der Waals surface area contributed by atoms with Crippen molar-refractivity contribution in [2.75, 3.05) is 0 Å². The monoisotopic (exact) mass is 468 g/mol. The average Bonchev–Trinajstić information content (AvgIpc) is 2.76. The first kappa shape index (κ1) is 25.5. The van der Waals surface area contributed by atoms with Crippen molar-refractivity contribution in [1.82, 2.24) is 0 Å². The first-order valence-corrected chi connectivity index (χ1v) is 12.0. The molecule has 0 spiro atoms. The number of benzene rings is 2. The second-order valence-electron chi connectivity index (χ2n) is 9.47. The van der Waals surface area contributed by atoms with Crippen molar-refractivity contribution in [2.45, 2.75) is 78.0 Å². The molecule has 0 amide bonds. The van der Waals surface area contributed by atoms with E-state index in [1.165, 1.54) is 51.4 Å². The van der Waals surface area contributed by atoms with Crippen LogP contribution in [0.3, 0.4) is 0 Å². The molecule has 2 aromatic rings. The Bertz CT molecular complexity index is 859. The summed E-state index contributed by atoms with van der Waals surface area (Å²) >= 11 is 0. The summed E-state index contributed by atoms with van der Waals surface area (Å²) in [6.07, 6.45) is 6.29. The van der Waals surface area contributed by atoms with Crippen molar-refractivity contribution >= 4 is 0 Å². The molecule has 0 aromatic heterocycles. The minimum atomic E-state index is -5.16. The topological polar surface area (TPSA) is 9.23 Å². The maximum Gasteiger partial charge on any atom is 0.573 e. The largest absolute Gasteiger partial charge is 0.573 e. The van der Waals surface area contributed by atoms with Gasteiger partial charge in [-0.2, -0.15) is 0 Å². The lowest BCUT2D eigenvalue weighted by atomic mass is 9.73. The Morgan fingerprint density at radius 1 is 0.909 bits per heavy atom. The highest BCUT2D eigenvalue weighted by Gasteiger charge is 2.34. The maximum atomic E-state index is 14.0. The summed E-state index contributed by atoms with van der Waals surface area (Å²) in [5, 5.41) is 0. The van der Waals surface area contributed by atoms with Crippen LogP contribution in [0.5, 0.6) is 5.75 Å². The van der Waals surface area contributed by atoms with Crippen LogP contribution in [0, 0.1) is 29.4 Å². The second-order valence-corrected chi connectivity index (χ2v) is 9.47. The van der Waals surface area contributed by atoms with E-state index in [1.54, 1.807) is 12.1 Å². The van der Waals surface area contributed by atoms with Gasteiger partial charge in [0.15, 0.2) is 11.6 Å². The molecule has 0 aliphatic heterocycles. The molecule has 0 N–H and O–H groups in total. The van der Waals surface area contributed by atoms with Crippen LogP contribution in [0.2, 0.25) is 0 Å². The van der Waals surface area contributed by atoms with E-state index in [2.05, 4.69) is 18.6 Å². The van der Waals surface area contributed by atoms with Crippen molar-refractivity contribution in [3.05, 3.63) is 53.6 Å². The Balaban J connectivity index is 1.57. The molecule has 1 saturated carbocycles. The van der Waals surface area contributed by atoms with Crippen LogP contribution < -0.4 is 4.74 Å². The third-order valence-corrected chi connectivity index (χ3v) is 6.97. The van der Waals surface area contributed by atoms with E-state index in [-0.39, 0.29) is 5.56 Å². The summed E-state index contributed by atoms with van der Waals surface area (Å²) in [7, 11) is 0. The average molecular weight is 469 g/mol. The van der Waals surface area contributed by atoms with E-state index >= 15 is 0 Å². The van der Waals surface area contributed by atoms with Gasteiger partial charge >= 0.3 is 6.36 Å². The Hall–Kier alpha value is -2.11. The molecule has 0 saturated heterocycles. The molecule has 1 aliphatic carbocycles. The Labute approximate surface area is 193 Å². The summed E-state index contributed by atoms with van der Waals surface area (Å²) in [4.78, 5) is 0. The van der Waals surface area contributed by atoms with Crippen LogP contribution in [0.15, 0.2) is 36.4 Å². The molecule has 1 atom stereocenters. The van der Waals surface area contributed by atoms with E-state index in [4.69, 9.17) is 0 Å². The number of hydrogen-bond donors (Lipinski definition) is 0. The lowest BCUT2D eigenvalue weighted by Gasteiger charge is -2.32. The molecule has 2 aromatic carbocycles. The van der Waals surface area contributed by atoms with Crippen LogP contribution in [-0.2, 0) is 6.42 Å². The highest BCUT2D eigenvalue weighted by molar-refractivity contribution is 5.65. The summed E-state index contributed by atoms with van der Waals surface area (Å²) < 4.78 is 68.5. The van der Waals surface area contributed by atoms with Crippen molar-refractivity contribution in [3.63, 3.8) is 0 Å². The molecule has 1 fully saturated rings. The minimum absolute atomic E-state index is 0.167. The highest BCUT2D eigenvalue weighted by Crippen LogP contribution is 2.37. The van der Waals surface area contributed by atoms with Gasteiger partial charge in [-0.3, -0.25) is 0 Å². The van der Waals surface area contributed by atoms with E-state index in [9.17, 15) is 22.0 Å². The molecule has 1 unspecified atom stereocenters. The molecule has 1 nitrogen and oxygen atoms in total. The van der Waals surface area contributed by atoms with Gasteiger partial charge in [-0.05, 0) is 65.8 Å². The summed E-state index contributed by atoms with van der Waals surface area (Å²) in [5.41, 5.74) is 1.85. The quantitative estimate of drug-likeness (QED) is 0.263. The van der Waals surface area contributed by atoms with Crippen molar-refractivity contribution in [3.8, 4) is 16.9 Å². The Kier molecular flexibility index (Phi) is 8.77. The molecule has 0 bridgehead atoms. The van der Waals surface area contributed by atoms with E-state index < -0.39 is 23.7 Å². The van der Waals surface area contributed by atoms with E-state index in [1.807, 2.05) is 12.1 Å². The minimum Gasteiger partial charge on any atom is -0.399 e. The maximum absolute atomic E-state index is 14.0. The first-order valence-electron chi connectivity index (χ1n) is 12.0. The number of unbranched alkanes of at least 4 members (excludes halogenated alkanes) is 2. The number of ether oxygens (including phenoxy) is 1. The Morgan fingerprint density at radius 3 is 2.06 bits per heavy atom. The van der Waals surface area contributed by atoms with Gasteiger partial charge in [-0.15, -0.1) is 13.2 Å². The van der Waals surface area contributed by atoms with Crippen LogP contribution >= 0.6 is 0 Å². The normalized spacial score (nSPS) is 20.0. The standard InChI is InChI=1S/C27H33F5O/c1-3-4-5-6-19-7-11-21(12-8-19)18(2)15-20-9-13-22(14-10-20)23-16-24(28)26(25(29)17-23)33-27(30,31)32/h9-10,13-14,16-19,21H,3-8,11-12,15H2,1-2H3. The molecular weight excluding hydrogens is 435 g/mol. The van der Waals surface area contributed by atoms with Crippen LogP contribution in [-0.4, -0.2) is 6.36 Å². The first-order chi connectivity index (χ1) is 15.7. The van der Waals surface area contributed by atoms with E-state index in [0.29, 0.717) is 11.5 Å². The zero-order valence-corrected chi connectivity index (χ0v) is 19.4. The zero-order chi connectivity index (χ0) is 24.0. The molecule has 3 rings (SSSR count). The second kappa shape index (κ2) is 11.3. The summed E-state index contributed by atoms with van der Waals surface area (Å²) in [5.74, 6) is -2.04. The van der Waals surface area contributed by atoms with Gasteiger partial charge in [0.2, 0.25) is 5.75 Å². The molecule has 6 heteroatoms. The number of halogens is 5. The fourth-order valence-corrected chi connectivity index (χ4v) is 5.04. The molecule has 33 heavy (non-hydrogen) atoms. The van der Waals surface area contributed by atoms with Gasteiger partial charge in [0.25, 0.3) is 0 Å².